The van der Waals surface area contributed by atoms with Crippen molar-refractivity contribution in [2.45, 2.75) is 77.4 Å². The van der Waals surface area contributed by atoms with Crippen LogP contribution in [0.2, 0.25) is 0 Å². The predicted octanol–water partition coefficient (Wildman–Crippen LogP) is 5.60. The van der Waals surface area contributed by atoms with Crippen LogP contribution in [0.3, 0.4) is 0 Å². The molecule has 2 amide bonds. The number of fused-ring (bicyclic) bond motifs is 5. The molecule has 5 aliphatic rings. The van der Waals surface area contributed by atoms with Gasteiger partial charge in [0.05, 0.1) is 28.3 Å². The van der Waals surface area contributed by atoms with Crippen molar-refractivity contribution in [3.63, 3.8) is 0 Å². The van der Waals surface area contributed by atoms with Crippen molar-refractivity contribution in [3.8, 4) is 0 Å². The molecule has 33 heavy (non-hydrogen) atoms. The van der Waals surface area contributed by atoms with E-state index in [1.165, 1.54) is 16.9 Å². The minimum atomic E-state index is -1.08. The Balaban J connectivity index is 1.38. The SMILES string of the molecule is CC1(C)[C@H]2CC[C@]1(C)[C@@H](S(=O)C1=C3CCCC[C@H]3[C@H]3C(=O)N(c4ccccc4)C(=O)[C@H]3C1)C2. The van der Waals surface area contributed by atoms with Gasteiger partial charge in [0, 0.05) is 10.2 Å². The maximum Gasteiger partial charge on any atom is 0.238 e. The number of carbonyl (C=O) groups excluding carboxylic acids is 2. The molecule has 1 aromatic carbocycles. The van der Waals surface area contributed by atoms with E-state index in [4.69, 9.17) is 0 Å². The fourth-order valence-corrected chi connectivity index (χ4v) is 10.7. The number of benzene rings is 1. The van der Waals surface area contributed by atoms with Gasteiger partial charge in [-0.15, -0.1) is 0 Å². The molecule has 4 aliphatic carbocycles. The standard InChI is InChI=1S/C28H35NO3S/c1-27(2)17-13-14-28(27,3)23(15-17)33(32)22-16-21-24(20-12-8-7-11-19(20)22)26(31)29(25(21)30)18-9-5-4-6-10-18/h4-6,9-10,17,20-21,23-24H,7-8,11-16H2,1-3H3/t17-,20+,21-,23-,24+,28+,33?/m0/s1. The summed E-state index contributed by atoms with van der Waals surface area (Å²) >= 11 is 0. The van der Waals surface area contributed by atoms with Gasteiger partial charge in [-0.2, -0.15) is 0 Å². The van der Waals surface area contributed by atoms with Crippen molar-refractivity contribution in [1.29, 1.82) is 0 Å². The maximum atomic E-state index is 14.3. The molecule has 0 spiro atoms. The third-order valence-corrected chi connectivity index (χ3v) is 12.7. The molecule has 1 saturated heterocycles. The number of imide groups is 1. The third-order valence-electron chi connectivity index (χ3n) is 10.6. The summed E-state index contributed by atoms with van der Waals surface area (Å²) in [6.07, 6.45) is 8.01. The van der Waals surface area contributed by atoms with Gasteiger partial charge < -0.3 is 0 Å². The van der Waals surface area contributed by atoms with E-state index in [1.807, 2.05) is 30.3 Å². The Kier molecular flexibility index (Phi) is 4.86. The molecule has 1 aromatic rings. The minimum Gasteiger partial charge on any atom is -0.274 e. The molecular formula is C28H35NO3S. The van der Waals surface area contributed by atoms with Crippen LogP contribution in [0.15, 0.2) is 40.8 Å². The summed E-state index contributed by atoms with van der Waals surface area (Å²) < 4.78 is 14.3. The van der Waals surface area contributed by atoms with Crippen molar-refractivity contribution in [1.82, 2.24) is 0 Å². The molecule has 1 unspecified atom stereocenters. The molecule has 0 aromatic heterocycles. The lowest BCUT2D eigenvalue weighted by Crippen LogP contribution is -2.41. The molecule has 1 heterocycles. The number of allylic oxidation sites excluding steroid dienone is 2. The zero-order chi connectivity index (χ0) is 23.1. The predicted molar refractivity (Wildman–Crippen MR) is 131 cm³/mol. The highest BCUT2D eigenvalue weighted by Crippen LogP contribution is 2.67. The topological polar surface area (TPSA) is 54.5 Å². The molecule has 7 atom stereocenters. The van der Waals surface area contributed by atoms with Gasteiger partial charge in [0.2, 0.25) is 11.8 Å². The van der Waals surface area contributed by atoms with Gasteiger partial charge >= 0.3 is 0 Å². The molecule has 5 heteroatoms. The van der Waals surface area contributed by atoms with Crippen molar-refractivity contribution >= 4 is 28.3 Å². The van der Waals surface area contributed by atoms with Crippen LogP contribution >= 0.6 is 0 Å². The van der Waals surface area contributed by atoms with Crippen LogP contribution in [-0.4, -0.2) is 21.3 Å². The third kappa shape index (κ3) is 2.84. The van der Waals surface area contributed by atoms with Gasteiger partial charge in [0.25, 0.3) is 0 Å². The Labute approximate surface area is 199 Å². The first-order valence-corrected chi connectivity index (χ1v) is 14.0. The van der Waals surface area contributed by atoms with Gasteiger partial charge in [0.15, 0.2) is 0 Å². The molecule has 1 aliphatic heterocycles. The quantitative estimate of drug-likeness (QED) is 0.546. The molecule has 3 saturated carbocycles. The fraction of sp³-hybridized carbons (Fsp3) is 0.643. The second-order valence-electron chi connectivity index (χ2n) is 11.9. The smallest absolute Gasteiger partial charge is 0.238 e. The second kappa shape index (κ2) is 7.37. The van der Waals surface area contributed by atoms with E-state index in [-0.39, 0.29) is 45.6 Å². The first kappa shape index (κ1) is 21.8. The number of rotatable bonds is 3. The van der Waals surface area contributed by atoms with Crippen LogP contribution in [0.4, 0.5) is 5.69 Å². The number of para-hydroxylation sites is 1. The van der Waals surface area contributed by atoms with Crippen molar-refractivity contribution < 1.29 is 13.8 Å². The first-order chi connectivity index (χ1) is 15.8. The van der Waals surface area contributed by atoms with E-state index in [1.54, 1.807) is 0 Å². The largest absolute Gasteiger partial charge is 0.274 e. The average Bonchev–Trinajstić information content (AvgIpc) is 3.29. The highest BCUT2D eigenvalue weighted by Gasteiger charge is 2.64. The van der Waals surface area contributed by atoms with Gasteiger partial charge in [0.1, 0.15) is 0 Å². The molecule has 4 fully saturated rings. The molecule has 176 valence electrons. The number of hydrogen-bond acceptors (Lipinski definition) is 3. The zero-order valence-electron chi connectivity index (χ0n) is 20.0. The summed E-state index contributed by atoms with van der Waals surface area (Å²) in [6.45, 7) is 7.10. The van der Waals surface area contributed by atoms with E-state index in [0.29, 0.717) is 18.0 Å². The summed E-state index contributed by atoms with van der Waals surface area (Å²) in [6, 6.07) is 9.35. The Hall–Kier alpha value is -1.75. The van der Waals surface area contributed by atoms with E-state index in [0.717, 1.165) is 43.4 Å². The van der Waals surface area contributed by atoms with Gasteiger partial charge in [-0.3, -0.25) is 18.7 Å². The highest BCUT2D eigenvalue weighted by molar-refractivity contribution is 7.89. The van der Waals surface area contributed by atoms with Gasteiger partial charge in [-0.25, -0.2) is 0 Å². The molecular weight excluding hydrogens is 430 g/mol. The Morgan fingerprint density at radius 3 is 2.39 bits per heavy atom. The van der Waals surface area contributed by atoms with Crippen LogP contribution in [0.1, 0.15) is 72.1 Å². The van der Waals surface area contributed by atoms with E-state index in [9.17, 15) is 13.8 Å². The van der Waals surface area contributed by atoms with Crippen LogP contribution in [0.5, 0.6) is 0 Å². The average molecular weight is 466 g/mol. The molecule has 4 nitrogen and oxygen atoms in total. The number of hydrogen-bond donors (Lipinski definition) is 0. The number of amides is 2. The van der Waals surface area contributed by atoms with Crippen LogP contribution in [0.25, 0.3) is 0 Å². The Morgan fingerprint density at radius 1 is 0.970 bits per heavy atom. The number of anilines is 1. The highest BCUT2D eigenvalue weighted by atomic mass is 32.2. The number of nitrogens with zero attached hydrogens (tertiary/aromatic N) is 1. The zero-order valence-corrected chi connectivity index (χ0v) is 20.8. The maximum absolute atomic E-state index is 14.3. The van der Waals surface area contributed by atoms with E-state index >= 15 is 0 Å². The first-order valence-electron chi connectivity index (χ1n) is 12.8. The molecule has 0 N–H and O–H groups in total. The van der Waals surface area contributed by atoms with Crippen LogP contribution in [-0.2, 0) is 20.4 Å². The molecule has 2 bridgehead atoms. The molecule has 6 rings (SSSR count). The Bertz CT molecular complexity index is 1080. The lowest BCUT2D eigenvalue weighted by Gasteiger charge is -2.42. The van der Waals surface area contributed by atoms with Gasteiger partial charge in [-0.05, 0) is 79.7 Å². The summed E-state index contributed by atoms with van der Waals surface area (Å²) in [7, 11) is -1.08. The van der Waals surface area contributed by atoms with E-state index in [2.05, 4.69) is 20.8 Å². The summed E-state index contributed by atoms with van der Waals surface area (Å²) in [5.41, 5.74) is 2.25. The van der Waals surface area contributed by atoms with Crippen molar-refractivity contribution in [2.24, 2.45) is 34.5 Å². The lowest BCUT2D eigenvalue weighted by molar-refractivity contribution is -0.122. The van der Waals surface area contributed by atoms with Crippen LogP contribution in [0, 0.1) is 34.5 Å². The normalized spacial score (nSPS) is 40.2. The van der Waals surface area contributed by atoms with Crippen molar-refractivity contribution in [2.75, 3.05) is 4.90 Å². The second-order valence-corrected chi connectivity index (χ2v) is 13.5. The van der Waals surface area contributed by atoms with E-state index < -0.39 is 10.8 Å². The monoisotopic (exact) mass is 465 g/mol. The van der Waals surface area contributed by atoms with Crippen molar-refractivity contribution in [3.05, 3.63) is 40.8 Å². The molecule has 0 radical (unpaired) electrons. The summed E-state index contributed by atoms with van der Waals surface area (Å²) in [5, 5.41) is 0.172. The summed E-state index contributed by atoms with van der Waals surface area (Å²) in [5.74, 6) is -0.0400. The van der Waals surface area contributed by atoms with Gasteiger partial charge in [-0.1, -0.05) is 51.0 Å². The minimum absolute atomic E-state index is 0.0431. The lowest BCUT2D eigenvalue weighted by atomic mass is 9.67. The Morgan fingerprint density at radius 2 is 1.73 bits per heavy atom. The summed E-state index contributed by atoms with van der Waals surface area (Å²) in [4.78, 5) is 29.7. The fourth-order valence-electron chi connectivity index (χ4n) is 8.20. The van der Waals surface area contributed by atoms with Crippen LogP contribution < -0.4 is 4.90 Å². The number of carbonyl (C=O) groups is 2.